The molecule has 0 radical (unpaired) electrons. The molecule has 0 saturated carbocycles. The highest BCUT2D eigenvalue weighted by Gasteiger charge is 2.53. The minimum atomic E-state index is -1.88. The lowest BCUT2D eigenvalue weighted by Crippen LogP contribution is -2.69. The Hall–Kier alpha value is -7.08. The predicted molar refractivity (Wildman–Crippen MR) is 470 cm³/mol. The average molecular weight is 1850 g/mol. The number of carbonyl (C=O) groups excluding carboxylic acids is 11. The van der Waals surface area contributed by atoms with Crippen LogP contribution < -0.4 is 58.5 Å². The third-order valence-electron chi connectivity index (χ3n) is 21.8. The van der Waals surface area contributed by atoms with E-state index in [-0.39, 0.29) is 229 Å². The number of unbranched alkanes of at least 4 members (excludes halogenated alkanes) is 11. The van der Waals surface area contributed by atoms with E-state index in [1.165, 1.54) is 27.7 Å². The third-order valence-corrected chi connectivity index (χ3v) is 21.8. The quantitative estimate of drug-likeness (QED) is 0.0194. The number of oxime groups is 1. The molecular formula is C87H158N12O30. The largest absolute Gasteiger partial charge is 0.396 e. The van der Waals surface area contributed by atoms with Gasteiger partial charge in [0.1, 0.15) is 29.4 Å². The van der Waals surface area contributed by atoms with E-state index < -0.39 is 134 Å². The van der Waals surface area contributed by atoms with Gasteiger partial charge in [-0.15, -0.1) is 0 Å². The van der Waals surface area contributed by atoms with E-state index >= 15 is 0 Å². The van der Waals surface area contributed by atoms with Crippen molar-refractivity contribution in [3.05, 3.63) is 0 Å². The lowest BCUT2D eigenvalue weighted by Gasteiger charge is -2.47. The standard InChI is InChI=1S/C87H158N12O30/c1-60(103)96-65-49-67(106)79(116)63(51-100)54-126-82(65)123-43-20-16-27-70(108)88-36-24-39-91-73(111)31-46-120-57-87(99-76(114)30-15-13-11-9-8-10-12-14-19-35-94-77(115)56-128-95-42-23-34-85(4,5)6,59-122-48-33-75(113)93-41-26-38-90-72(110)29-18-22-45-125-84-78(98-62(3)105)81(118)86(7,119)69(53-102)129-84)58-121-47-32-74(112)92-40-25-37-89-71(109)28-17-21-44-124-83-66(97-61(2)104)50-68(107)80(117)64(52-101)55-127-83/h42,63-69,78-84,100-102,106-107,116-119H,8-41,43-59H2,1-7H3,(H,88,108)(H,89,109)(H,90,110)(H,91,111)(H,92,112)(H,93,113)(H,94,115)(H,96,103)(H,97,104)(H,98,105)(H,99,114)/t63?,64?,65?,66?,67?,68?,69?,78?,79-,80-,81+,82+,83+,84+,86-,87?/m1/s1. The fourth-order valence-corrected chi connectivity index (χ4v) is 14.2. The van der Waals surface area contributed by atoms with Crippen LogP contribution in [0.5, 0.6) is 0 Å². The van der Waals surface area contributed by atoms with Gasteiger partial charge in [-0.1, -0.05) is 70.9 Å². The van der Waals surface area contributed by atoms with Crippen LogP contribution in [0.4, 0.5) is 0 Å². The Bertz CT molecular complexity index is 3100. The minimum absolute atomic E-state index is 0.0689. The molecule has 0 spiro atoms. The second kappa shape index (κ2) is 68.0. The fraction of sp³-hybridized carbons (Fsp3) is 0.862. The number of amides is 11. The number of ether oxygens (including phenoxy) is 9. The van der Waals surface area contributed by atoms with Crippen LogP contribution in [0, 0.1) is 17.3 Å². The normalized spacial score (nSPS) is 23.6. The lowest BCUT2D eigenvalue weighted by atomic mass is 9.84. The van der Waals surface area contributed by atoms with Gasteiger partial charge >= 0.3 is 0 Å². The molecule has 0 aromatic carbocycles. The summed E-state index contributed by atoms with van der Waals surface area (Å²) in [5.41, 5.74) is -3.12. The van der Waals surface area contributed by atoms with Gasteiger partial charge in [0.25, 0.3) is 5.91 Å². The van der Waals surface area contributed by atoms with E-state index in [1.54, 1.807) is 6.21 Å². The van der Waals surface area contributed by atoms with Crippen LogP contribution in [0.15, 0.2) is 5.16 Å². The smallest absolute Gasteiger partial charge is 0.260 e. The molecule has 0 aromatic heterocycles. The monoisotopic (exact) mass is 1850 g/mol. The third kappa shape index (κ3) is 53.4. The second-order valence-electron chi connectivity index (χ2n) is 34.9. The molecule has 3 aliphatic rings. The van der Waals surface area contributed by atoms with Crippen molar-refractivity contribution in [3.63, 3.8) is 0 Å². The van der Waals surface area contributed by atoms with Crippen LogP contribution in [-0.2, 0) is 100 Å². The van der Waals surface area contributed by atoms with Crippen molar-refractivity contribution >= 4 is 71.2 Å². The number of aliphatic hydroxyl groups excluding tert-OH is 8. The number of hydrogen-bond donors (Lipinski definition) is 20. The Morgan fingerprint density at radius 3 is 1.16 bits per heavy atom. The van der Waals surface area contributed by atoms with Gasteiger partial charge < -0.3 is 152 Å². The first kappa shape index (κ1) is 116. The van der Waals surface area contributed by atoms with Crippen LogP contribution in [0.25, 0.3) is 0 Å². The molecule has 11 amide bonds. The van der Waals surface area contributed by atoms with Gasteiger partial charge in [-0.05, 0) is 95.8 Å². The maximum Gasteiger partial charge on any atom is 0.260 e. The summed E-state index contributed by atoms with van der Waals surface area (Å²) in [5.74, 6) is -5.20. The Morgan fingerprint density at radius 2 is 0.775 bits per heavy atom. The van der Waals surface area contributed by atoms with E-state index in [1.807, 2.05) is 0 Å². The van der Waals surface area contributed by atoms with Crippen molar-refractivity contribution in [1.29, 1.82) is 0 Å². The molecule has 129 heavy (non-hydrogen) atoms. The number of nitrogens with zero attached hydrogens (tertiary/aromatic N) is 1. The van der Waals surface area contributed by atoms with E-state index in [9.17, 15) is 98.7 Å². The van der Waals surface area contributed by atoms with Gasteiger partial charge in [0.05, 0.1) is 109 Å². The summed E-state index contributed by atoms with van der Waals surface area (Å²) in [6.07, 6.45) is 4.31. The van der Waals surface area contributed by atoms with Gasteiger partial charge in [0, 0.05) is 162 Å². The molecule has 3 aliphatic heterocycles. The van der Waals surface area contributed by atoms with Crippen molar-refractivity contribution in [1.82, 2.24) is 58.5 Å². The van der Waals surface area contributed by atoms with Gasteiger partial charge in [0.2, 0.25) is 59.1 Å². The molecule has 15 atom stereocenters. The van der Waals surface area contributed by atoms with Gasteiger partial charge in [-0.3, -0.25) is 52.7 Å². The molecule has 746 valence electrons. The van der Waals surface area contributed by atoms with Crippen molar-refractivity contribution in [3.8, 4) is 0 Å². The first-order chi connectivity index (χ1) is 61.6. The van der Waals surface area contributed by atoms with Crippen molar-refractivity contribution in [2.75, 3.05) is 145 Å². The number of aliphatic hydroxyl groups is 9. The zero-order valence-electron chi connectivity index (χ0n) is 77.3. The number of carbonyl (C=O) groups is 11. The first-order valence-corrected chi connectivity index (χ1v) is 46.2. The van der Waals surface area contributed by atoms with Crippen molar-refractivity contribution in [2.24, 2.45) is 22.4 Å². The van der Waals surface area contributed by atoms with Crippen LogP contribution in [0.2, 0.25) is 0 Å². The maximum atomic E-state index is 14.1. The molecule has 3 rings (SSSR count). The number of nitrogens with one attached hydrogen (secondary N) is 11. The highest BCUT2D eigenvalue weighted by molar-refractivity contribution is 5.79. The number of rotatable bonds is 69. The topological polar surface area (TPSA) is 607 Å². The lowest BCUT2D eigenvalue weighted by molar-refractivity contribution is -0.299. The first-order valence-electron chi connectivity index (χ1n) is 46.2. The summed E-state index contributed by atoms with van der Waals surface area (Å²) in [5, 5.41) is 127. The summed E-state index contributed by atoms with van der Waals surface area (Å²) < 4.78 is 53.3. The van der Waals surface area contributed by atoms with Gasteiger partial charge in [0.15, 0.2) is 25.5 Å². The molecule has 3 saturated heterocycles. The van der Waals surface area contributed by atoms with Crippen molar-refractivity contribution < 1.29 is 146 Å². The molecular weight excluding hydrogens is 1690 g/mol. The van der Waals surface area contributed by atoms with Crippen LogP contribution >= 0.6 is 0 Å². The van der Waals surface area contributed by atoms with Crippen LogP contribution in [0.3, 0.4) is 0 Å². The minimum Gasteiger partial charge on any atom is -0.396 e. The second-order valence-corrected chi connectivity index (χ2v) is 34.9. The Balaban J connectivity index is 1.61. The highest BCUT2D eigenvalue weighted by Crippen LogP contribution is 2.31. The molecule has 42 heteroatoms. The SMILES string of the molecule is CC(=O)NC1CC(O)[C@H](O)C(CO)CO[C@@H]1OCCCCC(=O)NCCCNC(=O)CCOCC(COCCC(=O)NCCCNC(=O)CCCCO[C@H]1OCC(CO)[C@@H](O)C(O)CC1NC(C)=O)(COCCC(=O)NCCCNC(=O)CCCCO[C@H]1OC(CO)[C@@](C)(O)[C@@H](O)C1NC(C)=O)NC(=O)CCCCCCCCCCCNC(=O)CON=CCCC(C)(C)C. The molecule has 3 fully saturated rings. The molecule has 0 aliphatic carbocycles. The number of hydrogen-bond acceptors (Lipinski definition) is 31. The molecule has 3 heterocycles. The Morgan fingerprint density at radius 1 is 0.426 bits per heavy atom. The molecule has 0 aromatic rings. The summed E-state index contributed by atoms with van der Waals surface area (Å²) in [7, 11) is 0. The molecule has 42 nitrogen and oxygen atoms in total. The zero-order valence-corrected chi connectivity index (χ0v) is 77.3. The van der Waals surface area contributed by atoms with E-state index in [4.69, 9.17) is 47.5 Å². The van der Waals surface area contributed by atoms with Crippen LogP contribution in [0.1, 0.15) is 235 Å². The van der Waals surface area contributed by atoms with Gasteiger partial charge in [-0.25, -0.2) is 0 Å². The average Bonchev–Trinajstić information content (AvgIpc) is 0.772. The molecule has 0 bridgehead atoms. The van der Waals surface area contributed by atoms with Crippen LogP contribution in [-0.4, -0.2) is 347 Å². The molecule has 8 unspecified atom stereocenters. The fourth-order valence-electron chi connectivity index (χ4n) is 14.2. The van der Waals surface area contributed by atoms with E-state index in [0.717, 1.165) is 64.2 Å². The Labute approximate surface area is 759 Å². The zero-order chi connectivity index (χ0) is 95.3. The predicted octanol–water partition coefficient (Wildman–Crippen LogP) is -1.17. The van der Waals surface area contributed by atoms with E-state index in [2.05, 4.69) is 84.4 Å². The Kier molecular flexibility index (Phi) is 61.2. The van der Waals surface area contributed by atoms with E-state index in [0.29, 0.717) is 70.8 Å². The summed E-state index contributed by atoms with van der Waals surface area (Å²) in [4.78, 5) is 145. The maximum absolute atomic E-state index is 14.1. The molecule has 20 N–H and O–H groups in total. The summed E-state index contributed by atoms with van der Waals surface area (Å²) in [6, 6.07) is -2.69. The summed E-state index contributed by atoms with van der Waals surface area (Å²) >= 11 is 0. The highest BCUT2D eigenvalue weighted by atomic mass is 16.7. The van der Waals surface area contributed by atoms with Gasteiger partial charge in [-0.2, -0.15) is 0 Å². The van der Waals surface area contributed by atoms with Crippen molar-refractivity contribution in [2.45, 2.75) is 319 Å². The summed E-state index contributed by atoms with van der Waals surface area (Å²) in [6.45, 7) is 10.9.